The van der Waals surface area contributed by atoms with Crippen LogP contribution in [0.1, 0.15) is 0 Å². The van der Waals surface area contributed by atoms with Crippen molar-refractivity contribution >= 4 is 44.8 Å². The topological polar surface area (TPSA) is 35.2 Å². The van der Waals surface area contributed by atoms with Crippen LogP contribution in [0.3, 0.4) is 0 Å². The molecule has 0 saturated carbocycles. The Morgan fingerprint density at radius 3 is 2.44 bits per heavy atom. The molecule has 2 rings (SSSR count). The highest BCUT2D eigenvalue weighted by Crippen LogP contribution is 2.35. The van der Waals surface area contributed by atoms with Gasteiger partial charge in [-0.25, -0.2) is 4.39 Å². The number of anilines is 1. The minimum absolute atomic E-state index is 0.318. The first-order valence-electron chi connectivity index (χ1n) is 4.85. The van der Waals surface area contributed by atoms with Crippen LogP contribution >= 0.6 is 39.1 Å². The van der Waals surface area contributed by atoms with E-state index in [4.69, 9.17) is 33.7 Å². The van der Waals surface area contributed by atoms with E-state index in [0.717, 1.165) is 0 Å². The number of benzene rings is 2. The fourth-order valence-electron chi connectivity index (χ4n) is 1.30. The number of nitrogen functional groups attached to an aromatic ring is 1. The van der Waals surface area contributed by atoms with E-state index in [0.29, 0.717) is 31.7 Å². The SMILES string of the molecule is Nc1cc(Cl)c(Cl)cc1Oc1ccc(Br)c(F)c1. The molecule has 0 fully saturated rings. The monoisotopic (exact) mass is 349 g/mol. The summed E-state index contributed by atoms with van der Waals surface area (Å²) in [4.78, 5) is 0. The molecule has 0 amide bonds. The Morgan fingerprint density at radius 2 is 1.78 bits per heavy atom. The van der Waals surface area contributed by atoms with Crippen LogP contribution in [-0.4, -0.2) is 0 Å². The number of halogens is 4. The molecule has 0 bridgehead atoms. The predicted molar refractivity (Wildman–Crippen MR) is 75.0 cm³/mol. The number of ether oxygens (including phenoxy) is 1. The molecule has 0 spiro atoms. The average Bonchev–Trinajstić information content (AvgIpc) is 2.31. The molecular formula is C12H7BrCl2FNO. The van der Waals surface area contributed by atoms with Gasteiger partial charge in [-0.1, -0.05) is 23.2 Å². The first kappa shape index (κ1) is 13.5. The molecule has 2 aromatic rings. The highest BCUT2D eigenvalue weighted by atomic mass is 79.9. The molecule has 0 radical (unpaired) electrons. The fraction of sp³-hybridized carbons (Fsp3) is 0. The third kappa shape index (κ3) is 2.88. The molecule has 0 heterocycles. The van der Waals surface area contributed by atoms with E-state index in [1.54, 1.807) is 12.1 Å². The minimum atomic E-state index is -0.425. The van der Waals surface area contributed by atoms with Crippen LogP contribution < -0.4 is 10.5 Å². The molecule has 0 aliphatic heterocycles. The van der Waals surface area contributed by atoms with Crippen LogP contribution in [0.4, 0.5) is 10.1 Å². The summed E-state index contributed by atoms with van der Waals surface area (Å²) in [5.74, 6) is 0.220. The summed E-state index contributed by atoms with van der Waals surface area (Å²) in [6.45, 7) is 0. The van der Waals surface area contributed by atoms with Crippen molar-refractivity contribution in [2.75, 3.05) is 5.73 Å². The summed E-state index contributed by atoms with van der Waals surface area (Å²) in [6.07, 6.45) is 0. The van der Waals surface area contributed by atoms with Gasteiger partial charge in [-0.05, 0) is 34.1 Å². The van der Waals surface area contributed by atoms with Gasteiger partial charge < -0.3 is 10.5 Å². The molecule has 0 aliphatic carbocycles. The molecule has 18 heavy (non-hydrogen) atoms. The van der Waals surface area contributed by atoms with Crippen LogP contribution in [0.2, 0.25) is 10.0 Å². The second kappa shape index (κ2) is 5.34. The zero-order chi connectivity index (χ0) is 13.3. The van der Waals surface area contributed by atoms with Gasteiger partial charge >= 0.3 is 0 Å². The van der Waals surface area contributed by atoms with E-state index >= 15 is 0 Å². The predicted octanol–water partition coefficient (Wildman–Crippen LogP) is 5.27. The number of rotatable bonds is 2. The van der Waals surface area contributed by atoms with Crippen LogP contribution in [0.5, 0.6) is 11.5 Å². The smallest absolute Gasteiger partial charge is 0.151 e. The van der Waals surface area contributed by atoms with Crippen molar-refractivity contribution in [3.8, 4) is 11.5 Å². The summed E-state index contributed by atoms with van der Waals surface area (Å²) in [6, 6.07) is 7.35. The quantitative estimate of drug-likeness (QED) is 0.749. The Kier molecular flexibility index (Phi) is 4.00. The molecule has 94 valence electrons. The highest BCUT2D eigenvalue weighted by molar-refractivity contribution is 9.10. The largest absolute Gasteiger partial charge is 0.455 e. The van der Waals surface area contributed by atoms with Crippen molar-refractivity contribution < 1.29 is 9.13 Å². The van der Waals surface area contributed by atoms with E-state index in [9.17, 15) is 4.39 Å². The van der Waals surface area contributed by atoms with Crippen LogP contribution in [-0.2, 0) is 0 Å². The first-order chi connectivity index (χ1) is 8.47. The Bertz CT molecular complexity index is 607. The molecule has 0 saturated heterocycles. The fourth-order valence-corrected chi connectivity index (χ4v) is 1.87. The molecule has 0 unspecified atom stereocenters. The second-order valence-electron chi connectivity index (χ2n) is 3.48. The van der Waals surface area contributed by atoms with Crippen LogP contribution in [0, 0.1) is 5.82 Å². The minimum Gasteiger partial charge on any atom is -0.455 e. The standard InChI is InChI=1S/C12H7BrCl2FNO/c13-7-2-1-6(3-10(7)16)18-12-5-9(15)8(14)4-11(12)17/h1-5H,17H2. The highest BCUT2D eigenvalue weighted by Gasteiger charge is 2.08. The van der Waals surface area contributed by atoms with Gasteiger partial charge in [-0.3, -0.25) is 0 Å². The van der Waals surface area contributed by atoms with Crippen molar-refractivity contribution in [3.63, 3.8) is 0 Å². The van der Waals surface area contributed by atoms with E-state index in [1.807, 2.05) is 0 Å². The van der Waals surface area contributed by atoms with Crippen molar-refractivity contribution in [2.45, 2.75) is 0 Å². The third-order valence-electron chi connectivity index (χ3n) is 2.17. The van der Waals surface area contributed by atoms with Crippen molar-refractivity contribution in [2.24, 2.45) is 0 Å². The normalized spacial score (nSPS) is 10.4. The third-order valence-corrected chi connectivity index (χ3v) is 3.54. The average molecular weight is 351 g/mol. The van der Waals surface area contributed by atoms with Gasteiger partial charge in [0.2, 0.25) is 0 Å². The van der Waals surface area contributed by atoms with Gasteiger partial charge in [-0.15, -0.1) is 0 Å². The van der Waals surface area contributed by atoms with Gasteiger partial charge in [0.25, 0.3) is 0 Å². The number of hydrogen-bond donors (Lipinski definition) is 1. The molecule has 2 N–H and O–H groups in total. The van der Waals surface area contributed by atoms with Gasteiger partial charge in [-0.2, -0.15) is 0 Å². The summed E-state index contributed by atoms with van der Waals surface area (Å²) in [7, 11) is 0. The summed E-state index contributed by atoms with van der Waals surface area (Å²) in [5, 5.41) is 0.655. The van der Waals surface area contributed by atoms with Gasteiger partial charge in [0.15, 0.2) is 5.75 Å². The van der Waals surface area contributed by atoms with Crippen molar-refractivity contribution in [1.29, 1.82) is 0 Å². The van der Waals surface area contributed by atoms with Gasteiger partial charge in [0.1, 0.15) is 11.6 Å². The molecule has 2 nitrogen and oxygen atoms in total. The van der Waals surface area contributed by atoms with E-state index in [2.05, 4.69) is 15.9 Å². The number of hydrogen-bond acceptors (Lipinski definition) is 2. The Morgan fingerprint density at radius 1 is 1.11 bits per heavy atom. The lowest BCUT2D eigenvalue weighted by molar-refractivity contribution is 0.478. The number of nitrogens with two attached hydrogens (primary N) is 1. The van der Waals surface area contributed by atoms with E-state index < -0.39 is 5.82 Å². The van der Waals surface area contributed by atoms with E-state index in [-0.39, 0.29) is 0 Å². The van der Waals surface area contributed by atoms with Crippen LogP contribution in [0.15, 0.2) is 34.8 Å². The van der Waals surface area contributed by atoms with Crippen molar-refractivity contribution in [3.05, 3.63) is 50.7 Å². The lowest BCUT2D eigenvalue weighted by Crippen LogP contribution is -1.93. The van der Waals surface area contributed by atoms with Gasteiger partial charge in [0, 0.05) is 12.1 Å². The van der Waals surface area contributed by atoms with E-state index in [1.165, 1.54) is 18.2 Å². The summed E-state index contributed by atoms with van der Waals surface area (Å²) < 4.78 is 19.1. The maximum atomic E-state index is 13.3. The zero-order valence-electron chi connectivity index (χ0n) is 8.88. The van der Waals surface area contributed by atoms with Crippen molar-refractivity contribution in [1.82, 2.24) is 0 Å². The second-order valence-corrected chi connectivity index (χ2v) is 5.15. The Balaban J connectivity index is 2.34. The Labute approximate surface area is 122 Å². The molecule has 2 aromatic carbocycles. The molecule has 0 atom stereocenters. The molecular weight excluding hydrogens is 344 g/mol. The van der Waals surface area contributed by atoms with Gasteiger partial charge in [0.05, 0.1) is 20.2 Å². The van der Waals surface area contributed by atoms with Crippen LogP contribution in [0.25, 0.3) is 0 Å². The zero-order valence-corrected chi connectivity index (χ0v) is 12.0. The summed E-state index contributed by atoms with van der Waals surface area (Å²) in [5.41, 5.74) is 6.06. The lowest BCUT2D eigenvalue weighted by atomic mass is 10.3. The Hall–Kier alpha value is -0.970. The molecule has 6 heteroatoms. The lowest BCUT2D eigenvalue weighted by Gasteiger charge is -2.10. The maximum absolute atomic E-state index is 13.3. The first-order valence-corrected chi connectivity index (χ1v) is 6.39. The maximum Gasteiger partial charge on any atom is 0.151 e. The molecule has 0 aromatic heterocycles. The summed E-state index contributed by atoms with van der Waals surface area (Å²) >= 11 is 14.7. The molecule has 0 aliphatic rings.